The summed E-state index contributed by atoms with van der Waals surface area (Å²) in [7, 11) is 0. The van der Waals surface area contributed by atoms with E-state index in [2.05, 4.69) is 0 Å². The summed E-state index contributed by atoms with van der Waals surface area (Å²) >= 11 is 0. The Morgan fingerprint density at radius 2 is 1.56 bits per heavy atom. The average molecular weight is 592 g/mol. The van der Waals surface area contributed by atoms with Crippen molar-refractivity contribution in [3.8, 4) is 11.1 Å². The van der Waals surface area contributed by atoms with Crippen molar-refractivity contribution in [2.75, 3.05) is 0 Å². The number of carboxylic acids is 1. The quantitative estimate of drug-likeness (QED) is 0.137. The monoisotopic (exact) mass is 591 g/mol. The predicted octanol–water partition coefficient (Wildman–Crippen LogP) is 9.32. The van der Waals surface area contributed by atoms with Gasteiger partial charge in [0, 0.05) is 13.1 Å². The Labute approximate surface area is 244 Å². The van der Waals surface area contributed by atoms with Gasteiger partial charge in [-0.1, -0.05) is 78.9 Å². The number of nitrogens with zero attached hydrogens (tertiary/aromatic N) is 1. The maximum atomic E-state index is 13.3. The number of hydrogen-bond donors (Lipinski definition) is 1. The SMILES string of the molecule is Cc1ccc2ccccc2c1CN(Cc1ccc(-c2cccc(C(C(=O)O)=C(F)F)c2)cc1)Cc1ccc(C(F)(F)F)o1. The molecule has 1 aromatic heterocycles. The second kappa shape index (κ2) is 12.2. The molecule has 9 heteroatoms. The lowest BCUT2D eigenvalue weighted by molar-refractivity contribution is -0.153. The first-order valence-electron chi connectivity index (χ1n) is 13.3. The molecule has 0 aliphatic rings. The van der Waals surface area contributed by atoms with Crippen molar-refractivity contribution in [2.45, 2.75) is 32.7 Å². The van der Waals surface area contributed by atoms with E-state index in [0.717, 1.165) is 33.5 Å². The molecule has 1 heterocycles. The summed E-state index contributed by atoms with van der Waals surface area (Å²) in [5.41, 5.74) is 3.05. The number of aryl methyl sites for hydroxylation is 1. The van der Waals surface area contributed by atoms with Gasteiger partial charge in [-0.25, -0.2) is 4.79 Å². The highest BCUT2D eigenvalue weighted by atomic mass is 19.4. The van der Waals surface area contributed by atoms with Gasteiger partial charge in [-0.2, -0.15) is 22.0 Å². The van der Waals surface area contributed by atoms with Crippen molar-refractivity contribution >= 4 is 22.3 Å². The number of alkyl halides is 3. The molecule has 43 heavy (non-hydrogen) atoms. The minimum atomic E-state index is -4.58. The fourth-order valence-electron chi connectivity index (χ4n) is 5.11. The van der Waals surface area contributed by atoms with Crippen LogP contribution in [0.3, 0.4) is 0 Å². The number of carboxylic acid groups (broad SMARTS) is 1. The van der Waals surface area contributed by atoms with Gasteiger partial charge < -0.3 is 9.52 Å². The van der Waals surface area contributed by atoms with Crippen LogP contribution in [-0.4, -0.2) is 16.0 Å². The van der Waals surface area contributed by atoms with Crippen molar-refractivity contribution in [3.05, 3.63) is 137 Å². The van der Waals surface area contributed by atoms with Crippen LogP contribution in [0.25, 0.3) is 27.5 Å². The third kappa shape index (κ3) is 6.84. The van der Waals surface area contributed by atoms with E-state index in [1.165, 1.54) is 24.3 Å². The highest BCUT2D eigenvalue weighted by Gasteiger charge is 2.35. The number of carbonyl (C=O) groups is 1. The number of benzene rings is 4. The Morgan fingerprint density at radius 1 is 0.814 bits per heavy atom. The van der Waals surface area contributed by atoms with Gasteiger partial charge >= 0.3 is 12.1 Å². The Balaban J connectivity index is 1.44. The standard InChI is InChI=1S/C34H26F5NO3/c1-21-9-12-24-5-2-3-8-28(24)29(21)20-40(19-27-15-16-30(43-27)34(37,38)39)18-22-10-13-23(14-11-22)25-6-4-7-26(17-25)31(32(35)36)33(41)42/h2-17H,18-20H2,1H3,(H,41,42). The van der Waals surface area contributed by atoms with E-state index >= 15 is 0 Å². The van der Waals surface area contributed by atoms with Crippen LogP contribution in [0.1, 0.15) is 33.8 Å². The van der Waals surface area contributed by atoms with Crippen LogP contribution < -0.4 is 0 Å². The van der Waals surface area contributed by atoms with Crippen LogP contribution in [0.5, 0.6) is 0 Å². The predicted molar refractivity (Wildman–Crippen MR) is 154 cm³/mol. The highest BCUT2D eigenvalue weighted by Crippen LogP contribution is 2.32. The number of hydrogen-bond acceptors (Lipinski definition) is 3. The van der Waals surface area contributed by atoms with Crippen LogP contribution in [-0.2, 0) is 30.6 Å². The van der Waals surface area contributed by atoms with Gasteiger partial charge in [-0.05, 0) is 69.3 Å². The van der Waals surface area contributed by atoms with Crippen molar-refractivity contribution in [1.82, 2.24) is 4.90 Å². The minimum absolute atomic E-state index is 0.109. The summed E-state index contributed by atoms with van der Waals surface area (Å²) in [4.78, 5) is 13.3. The Morgan fingerprint density at radius 3 is 2.23 bits per heavy atom. The van der Waals surface area contributed by atoms with Gasteiger partial charge in [0.05, 0.1) is 6.54 Å². The third-order valence-electron chi connectivity index (χ3n) is 7.22. The number of rotatable bonds is 9. The largest absolute Gasteiger partial charge is 0.477 e. The summed E-state index contributed by atoms with van der Waals surface area (Å²) in [6.45, 7) is 2.95. The van der Waals surface area contributed by atoms with E-state index in [0.29, 0.717) is 24.2 Å². The van der Waals surface area contributed by atoms with Gasteiger partial charge in [0.2, 0.25) is 5.76 Å². The summed E-state index contributed by atoms with van der Waals surface area (Å²) in [6.07, 6.45) is -6.86. The topological polar surface area (TPSA) is 53.7 Å². The third-order valence-corrected chi connectivity index (χ3v) is 7.22. The molecule has 0 amide bonds. The normalized spacial score (nSPS) is 11.7. The van der Waals surface area contributed by atoms with Gasteiger partial charge in [0.25, 0.3) is 6.08 Å². The number of aliphatic carboxylic acids is 1. The molecule has 0 unspecified atom stereocenters. The van der Waals surface area contributed by atoms with E-state index in [-0.39, 0.29) is 17.9 Å². The van der Waals surface area contributed by atoms with E-state index in [1.54, 1.807) is 18.2 Å². The molecule has 0 radical (unpaired) electrons. The highest BCUT2D eigenvalue weighted by molar-refractivity contribution is 6.15. The zero-order chi connectivity index (χ0) is 30.7. The Hall–Kier alpha value is -4.76. The molecule has 1 N–H and O–H groups in total. The van der Waals surface area contributed by atoms with Crippen LogP contribution >= 0.6 is 0 Å². The Kier molecular flexibility index (Phi) is 8.45. The first-order chi connectivity index (χ1) is 20.5. The summed E-state index contributed by atoms with van der Waals surface area (Å²) in [5, 5.41) is 11.3. The smallest absolute Gasteiger partial charge is 0.449 e. The van der Waals surface area contributed by atoms with Gasteiger partial charge in [-0.15, -0.1) is 0 Å². The molecule has 4 nitrogen and oxygen atoms in total. The molecule has 4 aromatic carbocycles. The summed E-state index contributed by atoms with van der Waals surface area (Å²) < 4.78 is 71.3. The molecule has 0 saturated heterocycles. The van der Waals surface area contributed by atoms with E-state index in [9.17, 15) is 31.9 Å². The van der Waals surface area contributed by atoms with Crippen LogP contribution in [0, 0.1) is 6.92 Å². The lowest BCUT2D eigenvalue weighted by atomic mass is 9.98. The fraction of sp³-hybridized carbons (Fsp3) is 0.147. The Bertz CT molecular complexity index is 1800. The van der Waals surface area contributed by atoms with Gasteiger partial charge in [-0.3, -0.25) is 4.90 Å². The number of halogens is 5. The molecule has 5 aromatic rings. The van der Waals surface area contributed by atoms with Gasteiger partial charge in [0.1, 0.15) is 11.3 Å². The van der Waals surface area contributed by atoms with Crippen molar-refractivity contribution in [2.24, 2.45) is 0 Å². The molecular weight excluding hydrogens is 565 g/mol. The van der Waals surface area contributed by atoms with Crippen LogP contribution in [0.2, 0.25) is 0 Å². The summed E-state index contributed by atoms with van der Waals surface area (Å²) in [6, 6.07) is 27.4. The maximum absolute atomic E-state index is 13.3. The first kappa shape index (κ1) is 29.7. The molecule has 0 saturated carbocycles. The molecule has 0 aliphatic heterocycles. The molecule has 0 fully saturated rings. The molecular formula is C34H26F5NO3. The van der Waals surface area contributed by atoms with E-state index in [4.69, 9.17) is 4.42 Å². The zero-order valence-corrected chi connectivity index (χ0v) is 23.0. The molecule has 5 rings (SSSR count). The van der Waals surface area contributed by atoms with Crippen LogP contribution in [0.15, 0.2) is 108 Å². The van der Waals surface area contributed by atoms with E-state index in [1.807, 2.05) is 60.4 Å². The molecule has 0 aliphatic carbocycles. The first-order valence-corrected chi connectivity index (χ1v) is 13.3. The van der Waals surface area contributed by atoms with Crippen molar-refractivity contribution in [3.63, 3.8) is 0 Å². The lowest BCUT2D eigenvalue weighted by Gasteiger charge is -2.24. The van der Waals surface area contributed by atoms with E-state index < -0.39 is 29.6 Å². The molecule has 0 atom stereocenters. The number of fused-ring (bicyclic) bond motifs is 1. The van der Waals surface area contributed by atoms with Gasteiger partial charge in [0.15, 0.2) is 0 Å². The lowest BCUT2D eigenvalue weighted by Crippen LogP contribution is -2.23. The van der Waals surface area contributed by atoms with Crippen molar-refractivity contribution < 1.29 is 36.3 Å². The second-order valence-corrected chi connectivity index (χ2v) is 10.2. The summed E-state index contributed by atoms with van der Waals surface area (Å²) in [5.74, 6) is -2.59. The molecule has 0 spiro atoms. The molecule has 0 bridgehead atoms. The molecule has 220 valence electrons. The second-order valence-electron chi connectivity index (χ2n) is 10.2. The fourth-order valence-corrected chi connectivity index (χ4v) is 5.11. The van der Waals surface area contributed by atoms with Crippen LogP contribution in [0.4, 0.5) is 22.0 Å². The number of furan rings is 1. The average Bonchev–Trinajstić information content (AvgIpc) is 3.44. The van der Waals surface area contributed by atoms with Crippen molar-refractivity contribution in [1.29, 1.82) is 0 Å². The maximum Gasteiger partial charge on any atom is 0.449 e. The minimum Gasteiger partial charge on any atom is -0.477 e. The zero-order valence-electron chi connectivity index (χ0n) is 23.0.